The fourth-order valence-electron chi connectivity index (χ4n) is 2.85. The maximum Gasteiger partial charge on any atom is 0.0667 e. The van der Waals surface area contributed by atoms with Gasteiger partial charge in [-0.15, -0.1) is 0 Å². The fourth-order valence-corrected chi connectivity index (χ4v) is 5.13. The Bertz CT molecular complexity index is 448. The van der Waals surface area contributed by atoms with Crippen LogP contribution in [0.25, 0.3) is 0 Å². The molecule has 0 bridgehead atoms. The number of allylic oxidation sites excluding steroid dienone is 4. The van der Waals surface area contributed by atoms with E-state index < -0.39 is 0 Å². The highest BCUT2D eigenvalue weighted by molar-refractivity contribution is 6.56. The summed E-state index contributed by atoms with van der Waals surface area (Å²) in [6.45, 7) is 6.70. The average molecular weight is 256 g/mol. The Labute approximate surface area is 114 Å². The van der Waals surface area contributed by atoms with Gasteiger partial charge in [0, 0.05) is 0 Å². The summed E-state index contributed by atoms with van der Waals surface area (Å²) in [7, 11) is -0.208. The zero-order valence-electron chi connectivity index (χ0n) is 11.9. The van der Waals surface area contributed by atoms with E-state index in [1.165, 1.54) is 30.4 Å². The lowest BCUT2D eigenvalue weighted by Crippen LogP contribution is -2.20. The number of rotatable bonds is 5. The Hall–Kier alpha value is -1.08. The fraction of sp³-hybridized carbons (Fsp3) is 0.412. The standard InChI is InChI=1S/C17H24Si/c1-4-5-7-15-8-6-9-17(15)18-16-11-13(2)10-14(3)12-16/h6,8-12,17H,4-5,7,18H2,1-3H3. The molecule has 0 amide bonds. The first-order chi connectivity index (χ1) is 8.69. The molecule has 0 aromatic heterocycles. The summed E-state index contributed by atoms with van der Waals surface area (Å²) in [5.74, 6) is 0. The van der Waals surface area contributed by atoms with E-state index in [1.54, 1.807) is 10.8 Å². The molecule has 1 heteroatoms. The van der Waals surface area contributed by atoms with Crippen molar-refractivity contribution < 1.29 is 0 Å². The van der Waals surface area contributed by atoms with E-state index in [0.717, 1.165) is 5.54 Å². The molecule has 96 valence electrons. The number of aryl methyl sites for hydroxylation is 2. The minimum Gasteiger partial charge on any atom is -0.0803 e. The smallest absolute Gasteiger partial charge is 0.0667 e. The molecule has 0 saturated heterocycles. The van der Waals surface area contributed by atoms with Crippen LogP contribution >= 0.6 is 0 Å². The van der Waals surface area contributed by atoms with Gasteiger partial charge in [0.1, 0.15) is 0 Å². The third kappa shape index (κ3) is 3.46. The van der Waals surface area contributed by atoms with Gasteiger partial charge in [0.15, 0.2) is 0 Å². The number of hydrogen-bond donors (Lipinski definition) is 0. The largest absolute Gasteiger partial charge is 0.0803 e. The van der Waals surface area contributed by atoms with Gasteiger partial charge in [0.25, 0.3) is 0 Å². The van der Waals surface area contributed by atoms with E-state index in [9.17, 15) is 0 Å². The summed E-state index contributed by atoms with van der Waals surface area (Å²) in [6, 6.07) is 7.06. The molecule has 0 saturated carbocycles. The zero-order chi connectivity index (χ0) is 13.0. The van der Waals surface area contributed by atoms with Crippen molar-refractivity contribution in [3.8, 4) is 0 Å². The maximum atomic E-state index is 2.43. The number of benzene rings is 1. The van der Waals surface area contributed by atoms with Crippen molar-refractivity contribution in [2.45, 2.75) is 45.6 Å². The summed E-state index contributed by atoms with van der Waals surface area (Å²) in [5, 5.41) is 1.62. The van der Waals surface area contributed by atoms with E-state index in [2.05, 4.69) is 57.2 Å². The lowest BCUT2D eigenvalue weighted by atomic mass is 10.1. The van der Waals surface area contributed by atoms with Crippen LogP contribution in [0.4, 0.5) is 0 Å². The molecule has 1 aromatic rings. The highest BCUT2D eigenvalue weighted by Gasteiger charge is 2.15. The van der Waals surface area contributed by atoms with Crippen LogP contribution in [0.2, 0.25) is 5.54 Å². The molecule has 0 heterocycles. The van der Waals surface area contributed by atoms with E-state index in [4.69, 9.17) is 0 Å². The van der Waals surface area contributed by atoms with Crippen molar-refractivity contribution >= 4 is 14.7 Å². The first-order valence-corrected chi connectivity index (χ1v) is 8.66. The molecule has 0 radical (unpaired) electrons. The molecule has 0 nitrogen and oxygen atoms in total. The molecule has 1 unspecified atom stereocenters. The second-order valence-electron chi connectivity index (χ2n) is 5.54. The van der Waals surface area contributed by atoms with E-state index >= 15 is 0 Å². The number of unbranched alkanes of at least 4 members (excludes halogenated alkanes) is 1. The highest BCUT2D eigenvalue weighted by atomic mass is 28.2. The Balaban J connectivity index is 2.04. The van der Waals surface area contributed by atoms with Crippen LogP contribution in [0.5, 0.6) is 0 Å². The summed E-state index contributed by atoms with van der Waals surface area (Å²) >= 11 is 0. The first kappa shape index (κ1) is 13.4. The predicted molar refractivity (Wildman–Crippen MR) is 84.6 cm³/mol. The van der Waals surface area contributed by atoms with Gasteiger partial charge in [0.2, 0.25) is 0 Å². The summed E-state index contributed by atoms with van der Waals surface area (Å²) < 4.78 is 0. The van der Waals surface area contributed by atoms with Gasteiger partial charge in [0.05, 0.1) is 9.52 Å². The van der Waals surface area contributed by atoms with Crippen molar-refractivity contribution in [2.24, 2.45) is 0 Å². The molecule has 0 fully saturated rings. The van der Waals surface area contributed by atoms with Crippen molar-refractivity contribution in [1.29, 1.82) is 0 Å². The molecular weight excluding hydrogens is 232 g/mol. The topological polar surface area (TPSA) is 0 Å². The normalized spacial score (nSPS) is 18.8. The quantitative estimate of drug-likeness (QED) is 0.707. The first-order valence-electron chi connectivity index (χ1n) is 7.13. The van der Waals surface area contributed by atoms with E-state index in [1.807, 2.05) is 0 Å². The molecule has 2 rings (SSSR count). The molecular formula is C17H24Si. The Morgan fingerprint density at radius 1 is 1.11 bits per heavy atom. The molecule has 18 heavy (non-hydrogen) atoms. The van der Waals surface area contributed by atoms with Gasteiger partial charge in [-0.3, -0.25) is 0 Å². The highest BCUT2D eigenvalue weighted by Crippen LogP contribution is 2.28. The Kier molecular flexibility index (Phi) is 4.59. The molecule has 0 spiro atoms. The molecule has 1 atom stereocenters. The van der Waals surface area contributed by atoms with Crippen molar-refractivity contribution in [3.05, 3.63) is 53.1 Å². The van der Waals surface area contributed by atoms with Crippen molar-refractivity contribution in [1.82, 2.24) is 0 Å². The van der Waals surface area contributed by atoms with Gasteiger partial charge in [-0.1, -0.05) is 71.7 Å². The van der Waals surface area contributed by atoms with Crippen LogP contribution in [0.1, 0.15) is 37.3 Å². The molecule has 0 aliphatic heterocycles. The van der Waals surface area contributed by atoms with Crippen molar-refractivity contribution in [3.63, 3.8) is 0 Å². The van der Waals surface area contributed by atoms with Gasteiger partial charge >= 0.3 is 0 Å². The summed E-state index contributed by atoms with van der Waals surface area (Å²) in [6.07, 6.45) is 11.0. The van der Waals surface area contributed by atoms with Crippen molar-refractivity contribution in [2.75, 3.05) is 0 Å². The lowest BCUT2D eigenvalue weighted by Gasteiger charge is -2.14. The van der Waals surface area contributed by atoms with Crippen LogP contribution in [0.15, 0.2) is 42.0 Å². The number of hydrogen-bond acceptors (Lipinski definition) is 0. The minimum absolute atomic E-state index is 0.208. The van der Waals surface area contributed by atoms with Crippen LogP contribution in [0.3, 0.4) is 0 Å². The molecule has 1 aliphatic carbocycles. The average Bonchev–Trinajstić information content (AvgIpc) is 2.72. The second kappa shape index (κ2) is 6.19. The van der Waals surface area contributed by atoms with Crippen LogP contribution < -0.4 is 5.19 Å². The van der Waals surface area contributed by atoms with Gasteiger partial charge in [-0.2, -0.15) is 0 Å². The zero-order valence-corrected chi connectivity index (χ0v) is 13.3. The predicted octanol–water partition coefficient (Wildman–Crippen LogP) is 3.57. The maximum absolute atomic E-state index is 2.43. The Morgan fingerprint density at radius 2 is 1.83 bits per heavy atom. The Morgan fingerprint density at radius 3 is 2.50 bits per heavy atom. The van der Waals surface area contributed by atoms with Gasteiger partial charge < -0.3 is 0 Å². The van der Waals surface area contributed by atoms with Crippen LogP contribution in [-0.4, -0.2) is 9.52 Å². The van der Waals surface area contributed by atoms with E-state index in [-0.39, 0.29) is 9.52 Å². The molecule has 0 N–H and O–H groups in total. The third-order valence-corrected chi connectivity index (χ3v) is 5.80. The SMILES string of the molecule is CCCCC1=CC=CC1[SiH2]c1cc(C)cc(C)c1. The molecule has 1 aromatic carbocycles. The van der Waals surface area contributed by atoms with E-state index in [0.29, 0.717) is 0 Å². The van der Waals surface area contributed by atoms with Gasteiger partial charge in [-0.05, 0) is 32.2 Å². The van der Waals surface area contributed by atoms with Gasteiger partial charge in [-0.25, -0.2) is 0 Å². The third-order valence-electron chi connectivity index (χ3n) is 3.69. The summed E-state index contributed by atoms with van der Waals surface area (Å²) in [4.78, 5) is 0. The monoisotopic (exact) mass is 256 g/mol. The van der Waals surface area contributed by atoms with Crippen LogP contribution in [-0.2, 0) is 0 Å². The molecule has 1 aliphatic rings. The second-order valence-corrected chi connectivity index (χ2v) is 7.64. The lowest BCUT2D eigenvalue weighted by molar-refractivity contribution is 0.778. The summed E-state index contributed by atoms with van der Waals surface area (Å²) in [5.41, 5.74) is 5.29. The van der Waals surface area contributed by atoms with Crippen LogP contribution in [0, 0.1) is 13.8 Å². The minimum atomic E-state index is -0.208.